The largest absolute Gasteiger partial charge is 0.454 e. The van der Waals surface area contributed by atoms with E-state index in [2.05, 4.69) is 16.3 Å². The third-order valence-electron chi connectivity index (χ3n) is 5.03. The van der Waals surface area contributed by atoms with Crippen molar-refractivity contribution in [2.75, 3.05) is 18.2 Å². The number of fused-ring (bicyclic) bond motifs is 2. The Bertz CT molecular complexity index is 1070. The zero-order valence-electron chi connectivity index (χ0n) is 15.8. The molecule has 29 heavy (non-hydrogen) atoms. The first-order valence-electron chi connectivity index (χ1n) is 9.48. The molecule has 0 spiro atoms. The molecule has 1 amide bonds. The second kappa shape index (κ2) is 7.44. The monoisotopic (exact) mass is 409 g/mol. The maximum Gasteiger partial charge on any atom is 0.277 e. The van der Waals surface area contributed by atoms with E-state index in [1.807, 2.05) is 48.2 Å². The zero-order chi connectivity index (χ0) is 19.8. The van der Waals surface area contributed by atoms with Crippen molar-refractivity contribution >= 4 is 23.4 Å². The SMILES string of the molecule is C[C@H](Sc1nnc(-c2ccc3c(c2)OCO3)o1)C(=O)N1CCCc2ccccc21. The average Bonchev–Trinajstić information content (AvgIpc) is 3.41. The van der Waals surface area contributed by atoms with E-state index in [0.717, 1.165) is 30.6 Å². The number of amides is 1. The molecule has 2 aromatic carbocycles. The van der Waals surface area contributed by atoms with Crippen LogP contribution in [0.5, 0.6) is 11.5 Å². The molecule has 0 radical (unpaired) electrons. The maximum absolute atomic E-state index is 13.1. The summed E-state index contributed by atoms with van der Waals surface area (Å²) in [5.74, 6) is 1.78. The second-order valence-corrected chi connectivity index (χ2v) is 8.22. The third kappa shape index (κ3) is 3.44. The minimum absolute atomic E-state index is 0.0463. The number of aryl methyl sites for hydroxylation is 1. The van der Waals surface area contributed by atoms with Crippen molar-refractivity contribution in [1.29, 1.82) is 0 Å². The molecule has 5 rings (SSSR count). The van der Waals surface area contributed by atoms with E-state index in [1.165, 1.54) is 17.3 Å². The van der Waals surface area contributed by atoms with Crippen molar-refractivity contribution in [1.82, 2.24) is 10.2 Å². The molecule has 3 heterocycles. The lowest BCUT2D eigenvalue weighted by Crippen LogP contribution is -2.40. The van der Waals surface area contributed by atoms with Gasteiger partial charge in [0, 0.05) is 17.8 Å². The quantitative estimate of drug-likeness (QED) is 0.604. The van der Waals surface area contributed by atoms with Crippen molar-refractivity contribution < 1.29 is 18.7 Å². The van der Waals surface area contributed by atoms with E-state index in [4.69, 9.17) is 13.9 Å². The summed E-state index contributed by atoms with van der Waals surface area (Å²) in [6.07, 6.45) is 1.97. The van der Waals surface area contributed by atoms with Gasteiger partial charge in [0.05, 0.1) is 5.25 Å². The minimum atomic E-state index is -0.341. The summed E-state index contributed by atoms with van der Waals surface area (Å²) in [6, 6.07) is 13.5. The minimum Gasteiger partial charge on any atom is -0.454 e. The lowest BCUT2D eigenvalue weighted by molar-refractivity contribution is -0.117. The molecule has 148 valence electrons. The molecule has 7 nitrogen and oxygen atoms in total. The fourth-order valence-corrected chi connectivity index (χ4v) is 4.33. The van der Waals surface area contributed by atoms with Crippen molar-refractivity contribution in [2.45, 2.75) is 30.2 Å². The van der Waals surface area contributed by atoms with Crippen LogP contribution < -0.4 is 14.4 Å². The van der Waals surface area contributed by atoms with Gasteiger partial charge in [-0.2, -0.15) is 0 Å². The van der Waals surface area contributed by atoms with E-state index < -0.39 is 0 Å². The molecule has 1 aromatic heterocycles. The number of benzene rings is 2. The lowest BCUT2D eigenvalue weighted by Gasteiger charge is -2.31. The fraction of sp³-hybridized carbons (Fsp3) is 0.286. The molecule has 1 atom stereocenters. The number of para-hydroxylation sites is 1. The van der Waals surface area contributed by atoms with Gasteiger partial charge in [-0.05, 0) is 49.6 Å². The number of nitrogens with zero attached hydrogens (tertiary/aromatic N) is 3. The predicted octanol–water partition coefficient (Wildman–Crippen LogP) is 3.93. The van der Waals surface area contributed by atoms with E-state index in [9.17, 15) is 4.79 Å². The number of carbonyl (C=O) groups is 1. The molecule has 8 heteroatoms. The molecule has 3 aromatic rings. The van der Waals surface area contributed by atoms with Gasteiger partial charge in [0.2, 0.25) is 18.6 Å². The Morgan fingerprint density at radius 2 is 2.00 bits per heavy atom. The molecule has 0 unspecified atom stereocenters. The summed E-state index contributed by atoms with van der Waals surface area (Å²) in [5.41, 5.74) is 2.97. The topological polar surface area (TPSA) is 77.7 Å². The first-order valence-corrected chi connectivity index (χ1v) is 10.4. The third-order valence-corrected chi connectivity index (χ3v) is 5.95. The van der Waals surface area contributed by atoms with Gasteiger partial charge in [0.25, 0.3) is 5.22 Å². The van der Waals surface area contributed by atoms with Crippen LogP contribution in [0.4, 0.5) is 5.69 Å². The molecular weight excluding hydrogens is 390 g/mol. The summed E-state index contributed by atoms with van der Waals surface area (Å²) in [6.45, 7) is 2.81. The van der Waals surface area contributed by atoms with Gasteiger partial charge in [-0.1, -0.05) is 30.0 Å². The molecule has 2 aliphatic rings. The smallest absolute Gasteiger partial charge is 0.277 e. The number of carbonyl (C=O) groups excluding carboxylic acids is 1. The van der Waals surface area contributed by atoms with E-state index in [1.54, 1.807) is 0 Å². The van der Waals surface area contributed by atoms with E-state index >= 15 is 0 Å². The first kappa shape index (κ1) is 18.1. The Balaban J connectivity index is 1.31. The predicted molar refractivity (Wildman–Crippen MR) is 108 cm³/mol. The molecule has 0 N–H and O–H groups in total. The maximum atomic E-state index is 13.1. The van der Waals surface area contributed by atoms with Crippen molar-refractivity contribution in [3.05, 3.63) is 48.0 Å². The van der Waals surface area contributed by atoms with Gasteiger partial charge >= 0.3 is 0 Å². The van der Waals surface area contributed by atoms with Crippen molar-refractivity contribution in [2.24, 2.45) is 0 Å². The number of anilines is 1. The van der Waals surface area contributed by atoms with Crippen LogP contribution in [0.25, 0.3) is 11.5 Å². The molecule has 0 aliphatic carbocycles. The Hall–Kier alpha value is -3.00. The van der Waals surface area contributed by atoms with Crippen LogP contribution in [0.15, 0.2) is 52.1 Å². The normalized spacial score (nSPS) is 15.8. The number of aromatic nitrogens is 2. The highest BCUT2D eigenvalue weighted by Crippen LogP contribution is 2.36. The second-order valence-electron chi connectivity index (χ2n) is 6.92. The van der Waals surface area contributed by atoms with Crippen LogP contribution in [0.3, 0.4) is 0 Å². The van der Waals surface area contributed by atoms with Crippen molar-refractivity contribution in [3.63, 3.8) is 0 Å². The van der Waals surface area contributed by atoms with Crippen LogP contribution in [0.2, 0.25) is 0 Å². The summed E-state index contributed by atoms with van der Waals surface area (Å²) in [7, 11) is 0. The Morgan fingerprint density at radius 1 is 1.14 bits per heavy atom. The van der Waals surface area contributed by atoms with Gasteiger partial charge in [-0.15, -0.1) is 10.2 Å². The van der Waals surface area contributed by atoms with E-state index in [0.29, 0.717) is 22.6 Å². The standard InChI is InChI=1S/C21H19N3O4S/c1-13(20(25)24-10-4-6-14-5-2-3-7-16(14)24)29-21-23-22-19(28-21)15-8-9-17-18(11-15)27-12-26-17/h2-3,5,7-9,11,13H,4,6,10,12H2,1H3/t13-/m0/s1. The summed E-state index contributed by atoms with van der Waals surface area (Å²) in [4.78, 5) is 14.9. The lowest BCUT2D eigenvalue weighted by atomic mass is 10.0. The summed E-state index contributed by atoms with van der Waals surface area (Å²) >= 11 is 1.27. The molecule has 0 fully saturated rings. The number of hydrogen-bond acceptors (Lipinski definition) is 7. The number of rotatable bonds is 4. The first-order chi connectivity index (χ1) is 14.2. The molecule has 2 aliphatic heterocycles. The number of hydrogen-bond donors (Lipinski definition) is 0. The van der Waals surface area contributed by atoms with Gasteiger partial charge < -0.3 is 18.8 Å². The Morgan fingerprint density at radius 3 is 2.93 bits per heavy atom. The molecule has 0 bridgehead atoms. The highest BCUT2D eigenvalue weighted by molar-refractivity contribution is 8.00. The highest BCUT2D eigenvalue weighted by Gasteiger charge is 2.28. The van der Waals surface area contributed by atoms with Crippen LogP contribution in [-0.4, -0.2) is 34.7 Å². The van der Waals surface area contributed by atoms with Crippen molar-refractivity contribution in [3.8, 4) is 23.0 Å². The number of thioether (sulfide) groups is 1. The van der Waals surface area contributed by atoms with Crippen LogP contribution in [-0.2, 0) is 11.2 Å². The molecule has 0 saturated heterocycles. The van der Waals surface area contributed by atoms with Gasteiger partial charge in [0.15, 0.2) is 11.5 Å². The fourth-order valence-electron chi connectivity index (χ4n) is 3.59. The Kier molecular flexibility index (Phi) is 4.63. The van der Waals surface area contributed by atoms with Gasteiger partial charge in [0.1, 0.15) is 0 Å². The van der Waals surface area contributed by atoms with Crippen LogP contribution in [0.1, 0.15) is 18.9 Å². The summed E-state index contributed by atoms with van der Waals surface area (Å²) in [5, 5.41) is 8.24. The molecule has 0 saturated carbocycles. The Labute approximate surface area is 172 Å². The molecular formula is C21H19N3O4S. The zero-order valence-corrected chi connectivity index (χ0v) is 16.6. The van der Waals surface area contributed by atoms with Gasteiger partial charge in [-0.25, -0.2) is 0 Å². The van der Waals surface area contributed by atoms with Crippen LogP contribution in [0, 0.1) is 0 Å². The van der Waals surface area contributed by atoms with Gasteiger partial charge in [-0.3, -0.25) is 4.79 Å². The summed E-state index contributed by atoms with van der Waals surface area (Å²) < 4.78 is 16.5. The number of ether oxygens (including phenoxy) is 2. The van der Waals surface area contributed by atoms with E-state index in [-0.39, 0.29) is 18.0 Å². The van der Waals surface area contributed by atoms with Crippen LogP contribution >= 0.6 is 11.8 Å². The highest BCUT2D eigenvalue weighted by atomic mass is 32.2. The average molecular weight is 409 g/mol.